The average Bonchev–Trinajstić information content (AvgIpc) is 3.08. The molecule has 2 aliphatic rings. The number of esters is 1. The summed E-state index contributed by atoms with van der Waals surface area (Å²) in [6.07, 6.45) is 0.748. The van der Waals surface area contributed by atoms with Crippen molar-refractivity contribution in [3.05, 3.63) is 35.4 Å². The van der Waals surface area contributed by atoms with Gasteiger partial charge in [0.25, 0.3) is 0 Å². The summed E-state index contributed by atoms with van der Waals surface area (Å²) in [6.45, 7) is 5.75. The number of likely N-dealkylation sites (tertiary alicyclic amines) is 1. The molecule has 1 amide bonds. The lowest BCUT2D eigenvalue weighted by Crippen LogP contribution is -2.37. The molecule has 0 radical (unpaired) electrons. The zero-order valence-electron chi connectivity index (χ0n) is 14.2. The van der Waals surface area contributed by atoms with Crippen LogP contribution in [0, 0.1) is 5.92 Å². The van der Waals surface area contributed by atoms with Gasteiger partial charge in [0.05, 0.1) is 5.56 Å². The van der Waals surface area contributed by atoms with Crippen LogP contribution in [0.1, 0.15) is 43.1 Å². The van der Waals surface area contributed by atoms with Gasteiger partial charge in [0.1, 0.15) is 5.60 Å². The molecular weight excluding hydrogens is 313 g/mol. The van der Waals surface area contributed by atoms with Crippen LogP contribution in [0.25, 0.3) is 0 Å². The van der Waals surface area contributed by atoms with Crippen molar-refractivity contribution in [2.24, 2.45) is 5.92 Å². The number of piperidine rings is 1. The van der Waals surface area contributed by atoms with Gasteiger partial charge in [0.15, 0.2) is 0 Å². The van der Waals surface area contributed by atoms with Crippen molar-refractivity contribution in [2.45, 2.75) is 38.2 Å². The molecule has 2 unspecified atom stereocenters. The molecule has 1 aromatic rings. The molecule has 1 saturated heterocycles. The van der Waals surface area contributed by atoms with Gasteiger partial charge in [-0.15, -0.1) is 0 Å². The number of halogens is 1. The molecular formula is C18H22FNO4. The third-order valence-corrected chi connectivity index (χ3v) is 4.68. The van der Waals surface area contributed by atoms with Crippen LogP contribution in [-0.2, 0) is 14.9 Å². The van der Waals surface area contributed by atoms with E-state index in [0.717, 1.165) is 12.0 Å². The number of nitrogens with zero attached hydrogens (tertiary/aromatic N) is 1. The van der Waals surface area contributed by atoms with Crippen molar-refractivity contribution in [3.8, 4) is 0 Å². The smallest absolute Gasteiger partial charge is 0.410 e. The second-order valence-electron chi connectivity index (χ2n) is 7.54. The molecule has 3 rings (SSSR count). The Bertz CT molecular complexity index is 652. The topological polar surface area (TPSA) is 55.8 Å². The van der Waals surface area contributed by atoms with E-state index in [1.165, 1.54) is 0 Å². The van der Waals surface area contributed by atoms with E-state index in [1.54, 1.807) is 17.0 Å². The summed E-state index contributed by atoms with van der Waals surface area (Å²) in [7, 11) is 0. The Balaban J connectivity index is 1.68. The summed E-state index contributed by atoms with van der Waals surface area (Å²) in [5.41, 5.74) is 0.872. The Hall–Kier alpha value is -2.11. The quantitative estimate of drug-likeness (QED) is 0.796. The molecule has 0 aromatic heterocycles. The Kier molecular flexibility index (Phi) is 4.01. The third-order valence-electron chi connectivity index (χ3n) is 4.68. The molecule has 0 N–H and O–H groups in total. The first-order valence-electron chi connectivity index (χ1n) is 8.07. The third kappa shape index (κ3) is 3.09. The number of alkyl halides is 1. The molecule has 1 saturated carbocycles. The van der Waals surface area contributed by atoms with Crippen molar-refractivity contribution in [2.75, 3.05) is 20.0 Å². The predicted octanol–water partition coefficient (Wildman–Crippen LogP) is 3.28. The Labute approximate surface area is 140 Å². The molecule has 0 bridgehead atoms. The van der Waals surface area contributed by atoms with Crippen LogP contribution in [0.5, 0.6) is 0 Å². The van der Waals surface area contributed by atoms with E-state index in [4.69, 9.17) is 4.74 Å². The summed E-state index contributed by atoms with van der Waals surface area (Å²) in [4.78, 5) is 25.5. The highest BCUT2D eigenvalue weighted by Crippen LogP contribution is 2.59. The van der Waals surface area contributed by atoms with E-state index in [9.17, 15) is 14.0 Å². The molecule has 2 fully saturated rings. The van der Waals surface area contributed by atoms with Crippen LogP contribution in [0.4, 0.5) is 9.18 Å². The van der Waals surface area contributed by atoms with E-state index >= 15 is 0 Å². The summed E-state index contributed by atoms with van der Waals surface area (Å²) in [5.74, 6) is -0.246. The largest absolute Gasteiger partial charge is 0.444 e. The fourth-order valence-electron chi connectivity index (χ4n) is 3.47. The van der Waals surface area contributed by atoms with Gasteiger partial charge < -0.3 is 14.4 Å². The highest BCUT2D eigenvalue weighted by atomic mass is 19.1. The first-order valence-corrected chi connectivity index (χ1v) is 8.07. The number of carbonyl (C=O) groups is 2. The zero-order valence-corrected chi connectivity index (χ0v) is 14.2. The number of benzene rings is 1. The van der Waals surface area contributed by atoms with Crippen molar-refractivity contribution < 1.29 is 23.5 Å². The lowest BCUT2D eigenvalue weighted by atomic mass is 9.94. The van der Waals surface area contributed by atoms with Crippen molar-refractivity contribution >= 4 is 12.1 Å². The number of fused-ring (bicyclic) bond motifs is 1. The highest BCUT2D eigenvalue weighted by Gasteiger charge is 2.62. The van der Waals surface area contributed by atoms with Crippen molar-refractivity contribution in [1.82, 2.24) is 4.90 Å². The number of ether oxygens (including phenoxy) is 2. The Morgan fingerprint density at radius 1 is 1.29 bits per heavy atom. The number of hydrogen-bond donors (Lipinski definition) is 0. The summed E-state index contributed by atoms with van der Waals surface area (Å²) < 4.78 is 21.9. The summed E-state index contributed by atoms with van der Waals surface area (Å²) in [6, 6.07) is 7.03. The fourth-order valence-corrected chi connectivity index (χ4v) is 3.47. The molecule has 2 atom stereocenters. The molecule has 1 aliphatic carbocycles. The van der Waals surface area contributed by atoms with Crippen LogP contribution in [-0.4, -0.2) is 42.5 Å². The van der Waals surface area contributed by atoms with E-state index in [2.05, 4.69) is 4.74 Å². The normalized spacial score (nSPS) is 25.2. The van der Waals surface area contributed by atoms with Crippen LogP contribution < -0.4 is 0 Å². The molecule has 0 spiro atoms. The van der Waals surface area contributed by atoms with Gasteiger partial charge in [-0.25, -0.2) is 14.0 Å². The van der Waals surface area contributed by atoms with Gasteiger partial charge in [-0.2, -0.15) is 0 Å². The van der Waals surface area contributed by atoms with Gasteiger partial charge >= 0.3 is 12.1 Å². The van der Waals surface area contributed by atoms with Crippen molar-refractivity contribution in [3.63, 3.8) is 0 Å². The number of amides is 1. The van der Waals surface area contributed by atoms with E-state index in [0.29, 0.717) is 24.6 Å². The predicted molar refractivity (Wildman–Crippen MR) is 85.4 cm³/mol. The van der Waals surface area contributed by atoms with Crippen LogP contribution in [0.3, 0.4) is 0 Å². The van der Waals surface area contributed by atoms with Crippen LogP contribution in [0.15, 0.2) is 24.3 Å². The number of carbonyl (C=O) groups excluding carboxylic acids is 2. The van der Waals surface area contributed by atoms with E-state index in [1.807, 2.05) is 32.9 Å². The monoisotopic (exact) mass is 335 g/mol. The second kappa shape index (κ2) is 5.76. The number of hydrogen-bond acceptors (Lipinski definition) is 4. The van der Waals surface area contributed by atoms with Crippen molar-refractivity contribution in [1.29, 1.82) is 0 Å². The standard InChI is InChI=1S/C18H22FNO4/c1-17(2,3)24-16(22)20-9-14-8-18(14,10-20)13-6-4-12(5-7-13)15(21)23-11-19/h4-7,14H,8-11H2,1-3H3. The first kappa shape index (κ1) is 16.7. The van der Waals surface area contributed by atoms with Gasteiger partial charge in [0, 0.05) is 18.5 Å². The lowest BCUT2D eigenvalue weighted by Gasteiger charge is -2.26. The minimum atomic E-state index is -1.13. The Morgan fingerprint density at radius 2 is 1.96 bits per heavy atom. The molecule has 1 heterocycles. The Morgan fingerprint density at radius 3 is 2.54 bits per heavy atom. The van der Waals surface area contributed by atoms with Gasteiger partial charge in [-0.1, -0.05) is 12.1 Å². The summed E-state index contributed by atoms with van der Waals surface area (Å²) in [5, 5.41) is 0. The molecule has 5 nitrogen and oxygen atoms in total. The van der Waals surface area contributed by atoms with Crippen LogP contribution in [0.2, 0.25) is 0 Å². The lowest BCUT2D eigenvalue weighted by molar-refractivity contribution is 0.0268. The second-order valence-corrected chi connectivity index (χ2v) is 7.54. The zero-order chi connectivity index (χ0) is 17.5. The summed E-state index contributed by atoms with van der Waals surface area (Å²) >= 11 is 0. The maximum Gasteiger partial charge on any atom is 0.410 e. The SMILES string of the molecule is CC(C)(C)OC(=O)N1CC2CC2(c2ccc(C(=O)OCF)cc2)C1. The molecule has 1 aromatic carbocycles. The van der Waals surface area contributed by atoms with Gasteiger partial charge in [-0.3, -0.25) is 0 Å². The van der Waals surface area contributed by atoms with E-state index < -0.39 is 18.4 Å². The maximum atomic E-state index is 12.2. The fraction of sp³-hybridized carbons (Fsp3) is 0.556. The first-order chi connectivity index (χ1) is 11.2. The molecule has 1 aliphatic heterocycles. The minimum absolute atomic E-state index is 0.0422. The molecule has 130 valence electrons. The molecule has 24 heavy (non-hydrogen) atoms. The number of rotatable bonds is 3. The van der Waals surface area contributed by atoms with Gasteiger partial charge in [-0.05, 0) is 50.8 Å². The van der Waals surface area contributed by atoms with Gasteiger partial charge in [0.2, 0.25) is 6.86 Å². The average molecular weight is 335 g/mol. The highest BCUT2D eigenvalue weighted by molar-refractivity contribution is 5.89. The maximum absolute atomic E-state index is 12.2. The molecule has 6 heteroatoms. The minimum Gasteiger partial charge on any atom is -0.444 e. The van der Waals surface area contributed by atoms with E-state index in [-0.39, 0.29) is 11.5 Å². The van der Waals surface area contributed by atoms with Crippen LogP contribution >= 0.6 is 0 Å².